The highest BCUT2D eigenvalue weighted by Crippen LogP contribution is 2.32. The molecule has 192 valence electrons. The monoisotopic (exact) mass is 507 g/mol. The molecule has 4 aliphatic rings. The fraction of sp³-hybridized carbons (Fsp3) is 0.320. The first-order valence-electron chi connectivity index (χ1n) is 11.7. The van der Waals surface area contributed by atoms with Crippen molar-refractivity contribution in [3.63, 3.8) is 0 Å². The summed E-state index contributed by atoms with van der Waals surface area (Å²) in [7, 11) is 3.40. The maximum atomic E-state index is 11.9. The van der Waals surface area contributed by atoms with E-state index in [2.05, 4.69) is 15.6 Å². The molecule has 3 N–H and O–H groups in total. The largest absolute Gasteiger partial charge is 0.497 e. The molecule has 5 heterocycles. The minimum atomic E-state index is -0.897. The van der Waals surface area contributed by atoms with Crippen LogP contribution in [0.3, 0.4) is 0 Å². The Morgan fingerprint density at radius 2 is 2.00 bits per heavy atom. The number of furan rings is 1. The van der Waals surface area contributed by atoms with Crippen LogP contribution < -0.4 is 15.4 Å². The van der Waals surface area contributed by atoms with E-state index in [-0.39, 0.29) is 24.0 Å². The van der Waals surface area contributed by atoms with E-state index in [9.17, 15) is 24.3 Å². The number of fused-ring (bicyclic) bond motifs is 2. The number of hydrogen-bond donors (Lipinski definition) is 3. The first-order chi connectivity index (χ1) is 17.7. The van der Waals surface area contributed by atoms with Gasteiger partial charge in [0.05, 0.1) is 7.11 Å². The van der Waals surface area contributed by atoms with Gasteiger partial charge in [0, 0.05) is 44.5 Å². The number of rotatable bonds is 2. The van der Waals surface area contributed by atoms with Gasteiger partial charge in [0.15, 0.2) is 6.04 Å². The number of urea groups is 1. The summed E-state index contributed by atoms with van der Waals surface area (Å²) in [5.74, 6) is 1.25. The van der Waals surface area contributed by atoms with Gasteiger partial charge in [-0.2, -0.15) is 0 Å². The number of aliphatic hydroxyl groups is 1. The summed E-state index contributed by atoms with van der Waals surface area (Å²) in [4.78, 5) is 53.8. The van der Waals surface area contributed by atoms with Crippen LogP contribution in [0, 0.1) is 0 Å². The van der Waals surface area contributed by atoms with Crippen LogP contribution in [0.2, 0.25) is 0 Å². The van der Waals surface area contributed by atoms with E-state index in [0.29, 0.717) is 36.7 Å². The predicted molar refractivity (Wildman–Crippen MR) is 129 cm³/mol. The lowest BCUT2D eigenvalue weighted by molar-refractivity contribution is -0.127. The summed E-state index contributed by atoms with van der Waals surface area (Å²) in [5.41, 5.74) is 2.31. The van der Waals surface area contributed by atoms with Gasteiger partial charge in [-0.1, -0.05) is 12.1 Å². The third-order valence-electron chi connectivity index (χ3n) is 6.40. The number of methoxy groups -OCH3 is 1. The number of allylic oxidation sites excluding steroid dienone is 1. The number of amidine groups is 1. The van der Waals surface area contributed by atoms with Gasteiger partial charge in [-0.05, 0) is 23.8 Å². The molecule has 2 unspecified atom stereocenters. The van der Waals surface area contributed by atoms with Crippen molar-refractivity contribution in [2.24, 2.45) is 4.99 Å². The van der Waals surface area contributed by atoms with Crippen molar-refractivity contribution in [2.45, 2.75) is 38.1 Å². The van der Waals surface area contributed by atoms with E-state index in [1.165, 1.54) is 4.90 Å². The fourth-order valence-electron chi connectivity index (χ4n) is 4.51. The number of aliphatic imine (C=N–C) groups is 1. The van der Waals surface area contributed by atoms with Crippen LogP contribution >= 0.6 is 0 Å². The first kappa shape index (κ1) is 24.3. The number of imide groups is 1. The number of ether oxygens (including phenoxy) is 1. The molecule has 0 radical (unpaired) electrons. The lowest BCUT2D eigenvalue weighted by atomic mass is 10.1. The minimum absolute atomic E-state index is 0.0777. The number of nitrogens with one attached hydrogen (secondary N) is 2. The second-order valence-electron chi connectivity index (χ2n) is 8.90. The minimum Gasteiger partial charge on any atom is -0.497 e. The van der Waals surface area contributed by atoms with Gasteiger partial charge >= 0.3 is 6.03 Å². The van der Waals surface area contributed by atoms with E-state index in [0.717, 1.165) is 16.9 Å². The van der Waals surface area contributed by atoms with E-state index in [1.54, 1.807) is 43.3 Å². The summed E-state index contributed by atoms with van der Waals surface area (Å²) in [6.45, 7) is 0.707. The summed E-state index contributed by atoms with van der Waals surface area (Å²) in [6, 6.07) is 5.70. The van der Waals surface area contributed by atoms with Crippen molar-refractivity contribution < 1.29 is 33.4 Å². The van der Waals surface area contributed by atoms with Crippen molar-refractivity contribution >= 4 is 35.3 Å². The molecule has 5 amide bonds. The highest BCUT2D eigenvalue weighted by molar-refractivity contribution is 6.07. The van der Waals surface area contributed by atoms with E-state index >= 15 is 0 Å². The smallest absolute Gasteiger partial charge is 0.322 e. The maximum Gasteiger partial charge on any atom is 0.322 e. The number of benzene rings is 1. The van der Waals surface area contributed by atoms with Gasteiger partial charge in [-0.3, -0.25) is 24.6 Å². The summed E-state index contributed by atoms with van der Waals surface area (Å²) in [6.07, 6.45) is 3.58. The van der Waals surface area contributed by atoms with Gasteiger partial charge < -0.3 is 24.5 Å². The van der Waals surface area contributed by atoms with E-state index in [4.69, 9.17) is 9.15 Å². The number of aliphatic hydroxyl groups excluding tert-OH is 1. The number of amides is 5. The molecule has 1 aromatic carbocycles. The Kier molecular flexibility index (Phi) is 6.25. The molecule has 37 heavy (non-hydrogen) atoms. The van der Waals surface area contributed by atoms with Gasteiger partial charge in [-0.25, -0.2) is 9.79 Å². The Bertz CT molecular complexity index is 1360. The van der Waals surface area contributed by atoms with Crippen molar-refractivity contribution in [3.05, 3.63) is 59.1 Å². The van der Waals surface area contributed by atoms with Crippen LogP contribution in [0.1, 0.15) is 46.3 Å². The number of hydrogen-bond acceptors (Lipinski definition) is 8. The van der Waals surface area contributed by atoms with Crippen molar-refractivity contribution in [1.82, 2.24) is 20.4 Å². The van der Waals surface area contributed by atoms with Crippen molar-refractivity contribution in [2.75, 3.05) is 14.2 Å². The van der Waals surface area contributed by atoms with Gasteiger partial charge in [0.1, 0.15) is 35.0 Å². The zero-order valence-electron chi connectivity index (χ0n) is 20.2. The Hall–Kier alpha value is -4.45. The highest BCUT2D eigenvalue weighted by atomic mass is 16.5. The molecule has 2 atom stereocenters. The molecule has 2 saturated heterocycles. The second kappa shape index (κ2) is 9.54. The zero-order chi connectivity index (χ0) is 26.3. The lowest BCUT2D eigenvalue weighted by Gasteiger charge is -2.19. The molecule has 2 aromatic rings. The molecule has 0 aliphatic carbocycles. The summed E-state index contributed by atoms with van der Waals surface area (Å²) in [5, 5.41) is 14.6. The predicted octanol–water partition coefficient (Wildman–Crippen LogP) is 1.52. The molecule has 0 saturated carbocycles. The van der Waals surface area contributed by atoms with Crippen LogP contribution in [-0.2, 0) is 22.6 Å². The fourth-order valence-corrected chi connectivity index (χ4v) is 4.51. The standard InChI is InChI=1S/C15H14N4O5.C10H11NO2/c20-11-4-5-12(21)19(11)10-3-1-2-8-7(16-10)6-9(24-8)13-14(22)18-15(23)17-13;1-11-6-7-3-4-8(13-2)5-9(7)10(11)12/h1,3,6,11,13,20H,2,4-5H2,(H2,17,18,22,23);3-5H,6H2,1-2H3. The number of nitrogens with zero attached hydrogens (tertiary/aromatic N) is 3. The highest BCUT2D eigenvalue weighted by Gasteiger charge is 2.36. The van der Waals surface area contributed by atoms with Crippen LogP contribution in [0.25, 0.3) is 0 Å². The molecule has 12 nitrogen and oxygen atoms in total. The number of carbonyl (C=O) groups excluding carboxylic acids is 4. The summed E-state index contributed by atoms with van der Waals surface area (Å²) < 4.78 is 10.7. The molecule has 0 bridgehead atoms. The van der Waals surface area contributed by atoms with Gasteiger partial charge in [-0.15, -0.1) is 0 Å². The van der Waals surface area contributed by atoms with Crippen molar-refractivity contribution in [1.29, 1.82) is 0 Å². The summed E-state index contributed by atoms with van der Waals surface area (Å²) >= 11 is 0. The third kappa shape index (κ3) is 4.58. The lowest BCUT2D eigenvalue weighted by Crippen LogP contribution is -2.37. The zero-order valence-corrected chi connectivity index (χ0v) is 20.2. The van der Waals surface area contributed by atoms with Gasteiger partial charge in [0.2, 0.25) is 5.91 Å². The Labute approximate surface area is 211 Å². The van der Waals surface area contributed by atoms with Crippen molar-refractivity contribution in [3.8, 4) is 5.75 Å². The topological polar surface area (TPSA) is 154 Å². The normalized spacial score (nSPS) is 22.1. The molecule has 4 aliphatic heterocycles. The average Bonchev–Trinajstić information content (AvgIpc) is 3.57. The molecular formula is C25H25N5O7. The molecular weight excluding hydrogens is 482 g/mol. The van der Waals surface area contributed by atoms with Crippen LogP contribution in [0.4, 0.5) is 10.5 Å². The molecule has 2 fully saturated rings. The third-order valence-corrected chi connectivity index (χ3v) is 6.40. The van der Waals surface area contributed by atoms with Gasteiger partial charge in [0.25, 0.3) is 11.8 Å². The van der Waals surface area contributed by atoms with Crippen LogP contribution in [0.5, 0.6) is 5.75 Å². The SMILES string of the molecule is COc1ccc2c(c1)C(=O)N(C)C2.O=C1NC(=O)C(c2cc3c(o2)CC=CC(N2C(=O)CCC2O)=N3)N1. The van der Waals surface area contributed by atoms with E-state index in [1.807, 2.05) is 12.1 Å². The molecule has 1 aromatic heterocycles. The molecule has 6 rings (SSSR count). The van der Waals surface area contributed by atoms with Crippen LogP contribution in [-0.4, -0.2) is 64.9 Å². The Morgan fingerprint density at radius 1 is 1.19 bits per heavy atom. The number of carbonyl (C=O) groups is 4. The number of likely N-dealkylation sites (tertiary alicyclic amines) is 1. The molecule has 12 heteroatoms. The second-order valence-corrected chi connectivity index (χ2v) is 8.90. The Morgan fingerprint density at radius 3 is 2.68 bits per heavy atom. The molecule has 0 spiro atoms. The van der Waals surface area contributed by atoms with E-state index < -0.39 is 24.2 Å². The van der Waals surface area contributed by atoms with Crippen LogP contribution in [0.15, 0.2) is 45.8 Å². The first-order valence-corrected chi connectivity index (χ1v) is 11.7. The average molecular weight is 508 g/mol. The maximum absolute atomic E-state index is 11.9. The Balaban J connectivity index is 0.000000182. The quantitative estimate of drug-likeness (QED) is 0.521.